The first-order valence-electron chi connectivity index (χ1n) is 6.61. The van der Waals surface area contributed by atoms with Crippen LogP contribution in [0.15, 0.2) is 0 Å². The van der Waals surface area contributed by atoms with Crippen molar-refractivity contribution in [3.05, 3.63) is 0 Å². The Kier molecular flexibility index (Phi) is 6.78. The molecule has 1 fully saturated rings. The van der Waals surface area contributed by atoms with Gasteiger partial charge >= 0.3 is 12.1 Å². The number of nitrogens with zero attached hydrogens (tertiary/aromatic N) is 1. The number of ether oxygens (including phenoxy) is 2. The fourth-order valence-corrected chi connectivity index (χ4v) is 1.67. The number of nitrogens with one attached hydrogen (secondary N) is 1. The molecule has 8 nitrogen and oxygen atoms in total. The highest BCUT2D eigenvalue weighted by Crippen LogP contribution is 2.10. The van der Waals surface area contributed by atoms with Gasteiger partial charge in [-0.2, -0.15) is 0 Å². The summed E-state index contributed by atoms with van der Waals surface area (Å²) in [5, 5.41) is 3.56. The monoisotopic (exact) mass is 288 g/mol. The Balaban J connectivity index is 2.27. The maximum atomic E-state index is 11.9. The zero-order valence-corrected chi connectivity index (χ0v) is 11.7. The Morgan fingerprint density at radius 2 is 2.05 bits per heavy atom. The first-order valence-corrected chi connectivity index (χ1v) is 6.61. The molecule has 2 amide bonds. The van der Waals surface area contributed by atoms with Crippen molar-refractivity contribution in [2.75, 3.05) is 26.4 Å². The van der Waals surface area contributed by atoms with Crippen molar-refractivity contribution in [1.82, 2.24) is 10.4 Å². The molecule has 0 spiro atoms. The molecule has 1 rings (SSSR count). The molecular formula is C12H20N2O6. The van der Waals surface area contributed by atoms with E-state index in [2.05, 4.69) is 10.1 Å². The van der Waals surface area contributed by atoms with Crippen LogP contribution in [0, 0.1) is 0 Å². The Morgan fingerprint density at radius 3 is 2.70 bits per heavy atom. The van der Waals surface area contributed by atoms with Gasteiger partial charge in [-0.3, -0.25) is 14.4 Å². The summed E-state index contributed by atoms with van der Waals surface area (Å²) in [6.07, 6.45) is 0.0102. The summed E-state index contributed by atoms with van der Waals surface area (Å²) < 4.78 is 9.47. The Morgan fingerprint density at radius 1 is 1.35 bits per heavy atom. The smallest absolute Gasteiger partial charge is 0.407 e. The van der Waals surface area contributed by atoms with Crippen molar-refractivity contribution < 1.29 is 28.7 Å². The summed E-state index contributed by atoms with van der Waals surface area (Å²) in [5.41, 5.74) is 0. The Bertz CT molecular complexity index is 360. The van der Waals surface area contributed by atoms with Gasteiger partial charge in [-0.25, -0.2) is 9.86 Å². The van der Waals surface area contributed by atoms with E-state index in [1.54, 1.807) is 13.8 Å². The number of hydrogen-bond acceptors (Lipinski definition) is 6. The van der Waals surface area contributed by atoms with E-state index < -0.39 is 12.1 Å². The predicted octanol–water partition coefficient (Wildman–Crippen LogP) is 0.218. The van der Waals surface area contributed by atoms with E-state index in [4.69, 9.17) is 9.57 Å². The van der Waals surface area contributed by atoms with E-state index in [9.17, 15) is 14.4 Å². The highest BCUT2D eigenvalue weighted by Gasteiger charge is 2.34. The molecular weight excluding hydrogens is 268 g/mol. The van der Waals surface area contributed by atoms with Crippen LogP contribution in [0.5, 0.6) is 0 Å². The molecule has 0 saturated carbocycles. The van der Waals surface area contributed by atoms with Crippen LogP contribution >= 0.6 is 0 Å². The van der Waals surface area contributed by atoms with Crippen LogP contribution in [0.3, 0.4) is 0 Å². The van der Waals surface area contributed by atoms with Crippen LogP contribution in [0.4, 0.5) is 4.79 Å². The number of carbonyl (C=O) groups is 3. The second-order valence-electron chi connectivity index (χ2n) is 4.06. The van der Waals surface area contributed by atoms with Crippen molar-refractivity contribution in [2.45, 2.75) is 32.7 Å². The lowest BCUT2D eigenvalue weighted by molar-refractivity contribution is -0.163. The van der Waals surface area contributed by atoms with Crippen LogP contribution in [-0.4, -0.2) is 55.4 Å². The fraction of sp³-hybridized carbons (Fsp3) is 0.750. The van der Waals surface area contributed by atoms with Gasteiger partial charge in [0.05, 0.1) is 13.2 Å². The predicted molar refractivity (Wildman–Crippen MR) is 67.5 cm³/mol. The zero-order valence-electron chi connectivity index (χ0n) is 11.7. The van der Waals surface area contributed by atoms with Crippen molar-refractivity contribution in [2.24, 2.45) is 0 Å². The molecule has 1 aliphatic heterocycles. The number of hydrogen-bond donors (Lipinski definition) is 1. The van der Waals surface area contributed by atoms with E-state index in [0.29, 0.717) is 13.0 Å². The van der Waals surface area contributed by atoms with Crippen LogP contribution in [0.2, 0.25) is 0 Å². The third-order valence-corrected chi connectivity index (χ3v) is 2.56. The first kappa shape index (κ1) is 16.2. The minimum atomic E-state index is -0.739. The summed E-state index contributed by atoms with van der Waals surface area (Å²) >= 11 is 0. The molecule has 0 radical (unpaired) electrons. The van der Waals surface area contributed by atoms with Gasteiger partial charge in [-0.1, -0.05) is 0 Å². The molecule has 114 valence electrons. The summed E-state index contributed by atoms with van der Waals surface area (Å²) in [5.74, 6) is -0.651. The van der Waals surface area contributed by atoms with Crippen LogP contribution in [0.1, 0.15) is 26.7 Å². The third kappa shape index (κ3) is 5.04. The van der Waals surface area contributed by atoms with Gasteiger partial charge in [-0.05, 0) is 20.3 Å². The lowest BCUT2D eigenvalue weighted by atomic mass is 10.3. The minimum absolute atomic E-state index is 0.0665. The van der Waals surface area contributed by atoms with E-state index in [0.717, 1.165) is 5.06 Å². The quantitative estimate of drug-likeness (QED) is 0.673. The number of carbonyl (C=O) groups excluding carboxylic acids is 3. The van der Waals surface area contributed by atoms with Gasteiger partial charge in [0, 0.05) is 13.0 Å². The van der Waals surface area contributed by atoms with Crippen LogP contribution < -0.4 is 5.32 Å². The van der Waals surface area contributed by atoms with Gasteiger partial charge in [0.2, 0.25) is 0 Å². The maximum Gasteiger partial charge on any atom is 0.407 e. The molecule has 1 atom stereocenters. The maximum absolute atomic E-state index is 11.9. The number of esters is 1. The van der Waals surface area contributed by atoms with Gasteiger partial charge in [0.15, 0.2) is 0 Å². The van der Waals surface area contributed by atoms with Crippen LogP contribution in [0.25, 0.3) is 0 Å². The molecule has 1 saturated heterocycles. The molecule has 0 bridgehead atoms. The molecule has 8 heteroatoms. The molecule has 1 aliphatic rings. The van der Waals surface area contributed by atoms with Gasteiger partial charge in [-0.15, -0.1) is 0 Å². The third-order valence-electron chi connectivity index (χ3n) is 2.56. The average Bonchev–Trinajstić information content (AvgIpc) is 2.72. The van der Waals surface area contributed by atoms with E-state index in [-0.39, 0.29) is 38.1 Å². The van der Waals surface area contributed by atoms with Crippen LogP contribution in [-0.2, 0) is 23.9 Å². The van der Waals surface area contributed by atoms with E-state index >= 15 is 0 Å². The first-order chi connectivity index (χ1) is 9.58. The molecule has 20 heavy (non-hydrogen) atoms. The normalized spacial score (nSPS) is 18.0. The lowest BCUT2D eigenvalue weighted by Crippen LogP contribution is -2.43. The summed E-state index contributed by atoms with van der Waals surface area (Å²) in [6.45, 7) is 4.32. The topological polar surface area (TPSA) is 94.2 Å². The van der Waals surface area contributed by atoms with E-state index in [1.165, 1.54) is 0 Å². The summed E-state index contributed by atoms with van der Waals surface area (Å²) in [6, 6.07) is -0.739. The molecule has 1 heterocycles. The fourth-order valence-electron chi connectivity index (χ4n) is 1.67. The SMILES string of the molecule is CCOC(=O)CCCN1OC[C@@H](NC(=O)OCC)C1=O. The highest BCUT2D eigenvalue weighted by molar-refractivity contribution is 5.86. The second-order valence-corrected chi connectivity index (χ2v) is 4.06. The molecule has 0 aliphatic carbocycles. The van der Waals surface area contributed by atoms with Crippen molar-refractivity contribution >= 4 is 18.0 Å². The van der Waals surface area contributed by atoms with Crippen molar-refractivity contribution in [3.8, 4) is 0 Å². The number of rotatable bonds is 7. The number of hydroxylamine groups is 2. The minimum Gasteiger partial charge on any atom is -0.466 e. The van der Waals surface area contributed by atoms with Gasteiger partial charge in [0.25, 0.3) is 5.91 Å². The molecule has 0 aromatic rings. The summed E-state index contributed by atoms with van der Waals surface area (Å²) in [4.78, 5) is 39.4. The highest BCUT2D eigenvalue weighted by atomic mass is 16.7. The summed E-state index contributed by atoms with van der Waals surface area (Å²) in [7, 11) is 0. The Labute approximate surface area is 117 Å². The standard InChI is InChI=1S/C12H20N2O6/c1-3-18-10(15)6-5-7-14-11(16)9(8-20-14)13-12(17)19-4-2/h9H,3-8H2,1-2H3,(H,13,17)/t9-/m1/s1. The van der Waals surface area contributed by atoms with Gasteiger partial charge < -0.3 is 14.8 Å². The number of amides is 2. The van der Waals surface area contributed by atoms with Crippen molar-refractivity contribution in [3.63, 3.8) is 0 Å². The molecule has 0 aromatic heterocycles. The average molecular weight is 288 g/mol. The largest absolute Gasteiger partial charge is 0.466 e. The zero-order chi connectivity index (χ0) is 15.0. The molecule has 1 N–H and O–H groups in total. The second kappa shape index (κ2) is 8.36. The Hall–Kier alpha value is -1.83. The van der Waals surface area contributed by atoms with E-state index in [1.807, 2.05) is 0 Å². The van der Waals surface area contributed by atoms with Gasteiger partial charge in [0.1, 0.15) is 12.6 Å². The lowest BCUT2D eigenvalue weighted by Gasteiger charge is -2.14. The number of alkyl carbamates (subject to hydrolysis) is 1. The molecule has 0 unspecified atom stereocenters. The molecule has 0 aromatic carbocycles. The van der Waals surface area contributed by atoms with Crippen molar-refractivity contribution in [1.29, 1.82) is 0 Å².